The maximum absolute atomic E-state index is 11.6. The van der Waals surface area contributed by atoms with Crippen molar-refractivity contribution >= 4 is 23.2 Å². The molecule has 0 atom stereocenters. The summed E-state index contributed by atoms with van der Waals surface area (Å²) in [4.78, 5) is 13.1. The third kappa shape index (κ3) is 2.87. The Labute approximate surface area is 99.9 Å². The summed E-state index contributed by atoms with van der Waals surface area (Å²) < 4.78 is 5.03. The molecule has 16 heavy (non-hydrogen) atoms. The van der Waals surface area contributed by atoms with Crippen LogP contribution in [-0.2, 0) is 4.79 Å². The third-order valence-electron chi connectivity index (χ3n) is 2.25. The van der Waals surface area contributed by atoms with Gasteiger partial charge in [-0.1, -0.05) is 11.6 Å². The van der Waals surface area contributed by atoms with Crippen molar-refractivity contribution in [3.05, 3.63) is 23.2 Å². The van der Waals surface area contributed by atoms with E-state index in [4.69, 9.17) is 22.1 Å². The average molecular weight is 243 g/mol. The molecule has 0 heterocycles. The van der Waals surface area contributed by atoms with Crippen molar-refractivity contribution in [2.24, 2.45) is 5.73 Å². The van der Waals surface area contributed by atoms with Gasteiger partial charge in [0.15, 0.2) is 0 Å². The summed E-state index contributed by atoms with van der Waals surface area (Å²) in [5, 5.41) is 0.479. The van der Waals surface area contributed by atoms with Crippen LogP contribution < -0.4 is 15.4 Å². The van der Waals surface area contributed by atoms with E-state index in [2.05, 4.69) is 0 Å². The normalized spacial score (nSPS) is 10.0. The minimum Gasteiger partial charge on any atom is -0.497 e. The second kappa shape index (κ2) is 5.72. The summed E-state index contributed by atoms with van der Waals surface area (Å²) in [6.45, 7) is 0.330. The van der Waals surface area contributed by atoms with Gasteiger partial charge in [0, 0.05) is 26.1 Å². The number of amides is 1. The number of hydrogen-bond acceptors (Lipinski definition) is 3. The zero-order valence-electron chi connectivity index (χ0n) is 9.37. The standard InChI is InChI=1S/C11H15ClN2O2/c1-14(11(15)5-6-13)10-4-3-8(16-2)7-9(10)12/h3-4,7H,5-6,13H2,1-2H3. The summed E-state index contributed by atoms with van der Waals surface area (Å²) >= 11 is 6.04. The highest BCUT2D eigenvalue weighted by atomic mass is 35.5. The molecular weight excluding hydrogens is 228 g/mol. The topological polar surface area (TPSA) is 55.6 Å². The number of benzene rings is 1. The number of methoxy groups -OCH3 is 1. The summed E-state index contributed by atoms with van der Waals surface area (Å²) in [6.07, 6.45) is 0.304. The first kappa shape index (κ1) is 12.8. The van der Waals surface area contributed by atoms with Gasteiger partial charge in [-0.05, 0) is 12.1 Å². The largest absolute Gasteiger partial charge is 0.497 e. The number of rotatable bonds is 4. The number of nitrogens with zero attached hydrogens (tertiary/aromatic N) is 1. The van der Waals surface area contributed by atoms with Gasteiger partial charge in [0.25, 0.3) is 0 Å². The van der Waals surface area contributed by atoms with Crippen molar-refractivity contribution in [1.29, 1.82) is 0 Å². The maximum atomic E-state index is 11.6. The maximum Gasteiger partial charge on any atom is 0.228 e. The smallest absolute Gasteiger partial charge is 0.228 e. The van der Waals surface area contributed by atoms with Gasteiger partial charge in [-0.2, -0.15) is 0 Å². The van der Waals surface area contributed by atoms with Gasteiger partial charge in [-0.25, -0.2) is 0 Å². The van der Waals surface area contributed by atoms with Crippen LogP contribution in [0.3, 0.4) is 0 Å². The Morgan fingerprint density at radius 1 is 1.56 bits per heavy atom. The summed E-state index contributed by atoms with van der Waals surface area (Å²) in [6, 6.07) is 5.17. The number of carbonyl (C=O) groups is 1. The van der Waals surface area contributed by atoms with E-state index < -0.39 is 0 Å². The fourth-order valence-electron chi connectivity index (χ4n) is 1.31. The molecule has 1 aromatic rings. The Bertz CT molecular complexity index is 382. The molecule has 0 bridgehead atoms. The lowest BCUT2D eigenvalue weighted by molar-refractivity contribution is -0.118. The van der Waals surface area contributed by atoms with Gasteiger partial charge in [-0.15, -0.1) is 0 Å². The molecule has 0 unspecified atom stereocenters. The molecular formula is C11H15ClN2O2. The number of ether oxygens (including phenoxy) is 1. The van der Waals surface area contributed by atoms with Crippen molar-refractivity contribution in [2.45, 2.75) is 6.42 Å². The van der Waals surface area contributed by atoms with Crippen LogP contribution in [0.1, 0.15) is 6.42 Å². The highest BCUT2D eigenvalue weighted by Crippen LogP contribution is 2.29. The van der Waals surface area contributed by atoms with Crippen LogP contribution >= 0.6 is 11.6 Å². The number of halogens is 1. The molecule has 0 spiro atoms. The van der Waals surface area contributed by atoms with Crippen molar-refractivity contribution in [2.75, 3.05) is 25.6 Å². The number of nitrogens with two attached hydrogens (primary N) is 1. The minimum absolute atomic E-state index is 0.0606. The van der Waals surface area contributed by atoms with Crippen LogP contribution in [0.15, 0.2) is 18.2 Å². The van der Waals surface area contributed by atoms with E-state index in [1.807, 2.05) is 0 Å². The van der Waals surface area contributed by atoms with Crippen molar-refractivity contribution in [3.8, 4) is 5.75 Å². The first-order chi connectivity index (χ1) is 7.60. The second-order valence-corrected chi connectivity index (χ2v) is 3.72. The molecule has 0 radical (unpaired) electrons. The molecule has 88 valence electrons. The highest BCUT2D eigenvalue weighted by molar-refractivity contribution is 6.34. The summed E-state index contributed by atoms with van der Waals surface area (Å²) in [5.41, 5.74) is 5.98. The molecule has 1 aromatic carbocycles. The van der Waals surface area contributed by atoms with Crippen LogP contribution in [0.4, 0.5) is 5.69 Å². The second-order valence-electron chi connectivity index (χ2n) is 3.31. The first-order valence-corrected chi connectivity index (χ1v) is 5.28. The van der Waals surface area contributed by atoms with Gasteiger partial charge in [0.1, 0.15) is 5.75 Å². The van der Waals surface area contributed by atoms with E-state index in [-0.39, 0.29) is 5.91 Å². The van der Waals surface area contributed by atoms with Crippen molar-refractivity contribution < 1.29 is 9.53 Å². The zero-order valence-corrected chi connectivity index (χ0v) is 10.1. The molecule has 1 amide bonds. The zero-order chi connectivity index (χ0) is 12.1. The first-order valence-electron chi connectivity index (χ1n) is 4.90. The average Bonchev–Trinajstić information content (AvgIpc) is 2.28. The monoisotopic (exact) mass is 242 g/mol. The molecule has 2 N–H and O–H groups in total. The van der Waals surface area contributed by atoms with Crippen molar-refractivity contribution in [1.82, 2.24) is 0 Å². The molecule has 0 aliphatic heterocycles. The van der Waals surface area contributed by atoms with Crippen LogP contribution in [0.2, 0.25) is 5.02 Å². The van der Waals surface area contributed by atoms with Gasteiger partial charge < -0.3 is 15.4 Å². The number of anilines is 1. The Kier molecular flexibility index (Phi) is 4.58. The van der Waals surface area contributed by atoms with Crippen LogP contribution in [0.25, 0.3) is 0 Å². The molecule has 0 aromatic heterocycles. The van der Waals surface area contributed by atoms with Gasteiger partial charge >= 0.3 is 0 Å². The fourth-order valence-corrected chi connectivity index (χ4v) is 1.61. The van der Waals surface area contributed by atoms with Gasteiger partial charge in [0.2, 0.25) is 5.91 Å². The van der Waals surface area contributed by atoms with E-state index in [0.717, 1.165) is 0 Å². The van der Waals surface area contributed by atoms with Gasteiger partial charge in [-0.3, -0.25) is 4.79 Å². The summed E-state index contributed by atoms with van der Waals surface area (Å²) in [5.74, 6) is 0.600. The van der Waals surface area contributed by atoms with E-state index >= 15 is 0 Å². The molecule has 0 aliphatic carbocycles. The van der Waals surface area contributed by atoms with Crippen LogP contribution in [0, 0.1) is 0 Å². The molecule has 0 aliphatic rings. The SMILES string of the molecule is COc1ccc(N(C)C(=O)CCN)c(Cl)c1. The lowest BCUT2D eigenvalue weighted by Crippen LogP contribution is -2.28. The Hall–Kier alpha value is -1.26. The van der Waals surface area contributed by atoms with Crippen LogP contribution in [0.5, 0.6) is 5.75 Å². The third-order valence-corrected chi connectivity index (χ3v) is 2.55. The Balaban J connectivity index is 2.91. The highest BCUT2D eigenvalue weighted by Gasteiger charge is 2.13. The molecule has 1 rings (SSSR count). The predicted octanol–water partition coefficient (Wildman–Crippen LogP) is 1.66. The quantitative estimate of drug-likeness (QED) is 0.874. The molecule has 5 heteroatoms. The molecule has 0 saturated heterocycles. The summed E-state index contributed by atoms with van der Waals surface area (Å²) in [7, 11) is 3.24. The predicted molar refractivity (Wildman–Crippen MR) is 65.1 cm³/mol. The molecule has 0 fully saturated rings. The fraction of sp³-hybridized carbons (Fsp3) is 0.364. The molecule has 4 nitrogen and oxygen atoms in total. The molecule has 0 saturated carbocycles. The minimum atomic E-state index is -0.0606. The van der Waals surface area contributed by atoms with E-state index in [1.54, 1.807) is 32.4 Å². The van der Waals surface area contributed by atoms with Gasteiger partial charge in [0.05, 0.1) is 17.8 Å². The Morgan fingerprint density at radius 3 is 2.75 bits per heavy atom. The number of hydrogen-bond donors (Lipinski definition) is 1. The lowest BCUT2D eigenvalue weighted by atomic mass is 10.2. The van der Waals surface area contributed by atoms with E-state index in [9.17, 15) is 4.79 Å². The van der Waals surface area contributed by atoms with Crippen molar-refractivity contribution in [3.63, 3.8) is 0 Å². The van der Waals surface area contributed by atoms with Crippen LogP contribution in [-0.4, -0.2) is 26.6 Å². The van der Waals surface area contributed by atoms with E-state index in [1.165, 1.54) is 4.90 Å². The lowest BCUT2D eigenvalue weighted by Gasteiger charge is -2.18. The Morgan fingerprint density at radius 2 is 2.25 bits per heavy atom. The number of carbonyl (C=O) groups excluding carboxylic acids is 1. The van der Waals surface area contributed by atoms with E-state index in [0.29, 0.717) is 29.4 Å².